The van der Waals surface area contributed by atoms with Gasteiger partial charge in [0.1, 0.15) is 6.04 Å². The Kier molecular flexibility index (Phi) is 2.98. The number of hydrogen-bond donors (Lipinski definition) is 1. The monoisotopic (exact) mass is 292 g/mol. The maximum atomic E-state index is 11.0. The molecule has 1 saturated heterocycles. The number of benzene rings is 2. The predicted molar refractivity (Wildman–Crippen MR) is 85.1 cm³/mol. The number of hydrogen-bond acceptors (Lipinski definition) is 2. The van der Waals surface area contributed by atoms with Crippen molar-refractivity contribution < 1.29 is 9.90 Å². The zero-order valence-electron chi connectivity index (χ0n) is 12.0. The summed E-state index contributed by atoms with van der Waals surface area (Å²) in [7, 11) is 0. The third-order valence-electron chi connectivity index (χ3n) is 4.17. The molecule has 0 bridgehead atoms. The quantitative estimate of drug-likeness (QED) is 0.752. The van der Waals surface area contributed by atoms with Gasteiger partial charge in [-0.15, -0.1) is 0 Å². The number of rotatable bonds is 4. The zero-order valence-corrected chi connectivity index (χ0v) is 12.0. The van der Waals surface area contributed by atoms with E-state index in [0.29, 0.717) is 13.1 Å². The molecule has 110 valence electrons. The van der Waals surface area contributed by atoms with Gasteiger partial charge >= 0.3 is 5.97 Å². The lowest BCUT2D eigenvalue weighted by Crippen LogP contribution is -2.13. The summed E-state index contributed by atoms with van der Waals surface area (Å²) >= 11 is 0. The van der Waals surface area contributed by atoms with Gasteiger partial charge in [-0.25, -0.2) is 0 Å². The number of aliphatic carboxylic acids is 1. The molecule has 2 heterocycles. The third kappa shape index (κ3) is 2.18. The number of fused-ring (bicyclic) bond motifs is 1. The molecule has 4 heteroatoms. The molecule has 1 aliphatic rings. The van der Waals surface area contributed by atoms with Crippen molar-refractivity contribution in [3.63, 3.8) is 0 Å². The maximum absolute atomic E-state index is 11.0. The first-order chi connectivity index (χ1) is 10.7. The van der Waals surface area contributed by atoms with Crippen LogP contribution in [0.15, 0.2) is 60.7 Å². The molecule has 2 unspecified atom stereocenters. The van der Waals surface area contributed by atoms with Crippen LogP contribution in [0.5, 0.6) is 0 Å². The lowest BCUT2D eigenvalue weighted by atomic mass is 10.2. The molecule has 1 aromatic heterocycles. The molecule has 0 saturated carbocycles. The second-order valence-electron chi connectivity index (χ2n) is 5.65. The third-order valence-corrected chi connectivity index (χ3v) is 4.17. The summed E-state index contributed by atoms with van der Waals surface area (Å²) in [6, 6.07) is 20.3. The van der Waals surface area contributed by atoms with Gasteiger partial charge in [0.25, 0.3) is 0 Å². The first-order valence-corrected chi connectivity index (χ1v) is 7.36. The van der Waals surface area contributed by atoms with Crippen LogP contribution in [0, 0.1) is 0 Å². The molecule has 2 aromatic carbocycles. The Labute approximate surface area is 128 Å². The van der Waals surface area contributed by atoms with Gasteiger partial charge in [-0.3, -0.25) is 9.69 Å². The van der Waals surface area contributed by atoms with Gasteiger partial charge in [-0.1, -0.05) is 36.4 Å². The second kappa shape index (κ2) is 5.00. The molecule has 0 spiro atoms. The minimum Gasteiger partial charge on any atom is -0.480 e. The van der Waals surface area contributed by atoms with Crippen LogP contribution >= 0.6 is 0 Å². The molecule has 22 heavy (non-hydrogen) atoms. The number of aromatic nitrogens is 1. The highest BCUT2D eigenvalue weighted by molar-refractivity contribution is 5.83. The molecule has 1 fully saturated rings. The predicted octanol–water partition coefficient (Wildman–Crippen LogP) is 2.90. The molecule has 0 aliphatic carbocycles. The van der Waals surface area contributed by atoms with Crippen molar-refractivity contribution in [3.8, 4) is 5.69 Å². The number of carboxylic acid groups (broad SMARTS) is 1. The fourth-order valence-electron chi connectivity index (χ4n) is 3.00. The summed E-state index contributed by atoms with van der Waals surface area (Å²) in [6.45, 7) is 1.28. The van der Waals surface area contributed by atoms with E-state index >= 15 is 0 Å². The molecule has 3 aromatic rings. The highest BCUT2D eigenvalue weighted by atomic mass is 16.4. The molecular formula is C18H16N2O2. The van der Waals surface area contributed by atoms with Crippen molar-refractivity contribution in [1.82, 2.24) is 9.47 Å². The van der Waals surface area contributed by atoms with Crippen molar-refractivity contribution in [2.75, 3.05) is 6.54 Å². The number of nitrogens with zero attached hydrogens (tertiary/aromatic N) is 2. The van der Waals surface area contributed by atoms with E-state index in [1.165, 1.54) is 5.39 Å². The molecular weight excluding hydrogens is 276 g/mol. The zero-order chi connectivity index (χ0) is 15.1. The minimum atomic E-state index is -0.734. The van der Waals surface area contributed by atoms with Gasteiger partial charge in [0.05, 0.1) is 5.52 Å². The SMILES string of the molecule is O=C(O)C1CN1Cc1cc2ccccc2n1-c1ccccc1. The van der Waals surface area contributed by atoms with Gasteiger partial charge in [-0.2, -0.15) is 0 Å². The average molecular weight is 292 g/mol. The molecule has 4 nitrogen and oxygen atoms in total. The Bertz CT molecular complexity index is 839. The summed E-state index contributed by atoms with van der Waals surface area (Å²) in [5.74, 6) is -0.734. The largest absolute Gasteiger partial charge is 0.480 e. The number of para-hydroxylation sites is 2. The van der Waals surface area contributed by atoms with Crippen LogP contribution in [0.25, 0.3) is 16.6 Å². The Morgan fingerprint density at radius 2 is 1.82 bits per heavy atom. The van der Waals surface area contributed by atoms with Crippen LogP contribution in [0.2, 0.25) is 0 Å². The van der Waals surface area contributed by atoms with Crippen LogP contribution in [0.1, 0.15) is 5.69 Å². The second-order valence-corrected chi connectivity index (χ2v) is 5.65. The molecule has 0 amide bonds. The van der Waals surface area contributed by atoms with E-state index < -0.39 is 5.97 Å². The van der Waals surface area contributed by atoms with Crippen molar-refractivity contribution in [2.45, 2.75) is 12.6 Å². The fourth-order valence-corrected chi connectivity index (χ4v) is 3.00. The van der Waals surface area contributed by atoms with E-state index in [2.05, 4.69) is 34.9 Å². The summed E-state index contributed by atoms with van der Waals surface area (Å²) in [4.78, 5) is 13.0. The first kappa shape index (κ1) is 13.1. The molecule has 2 atom stereocenters. The maximum Gasteiger partial charge on any atom is 0.322 e. The average Bonchev–Trinajstić information content (AvgIpc) is 3.20. The highest BCUT2D eigenvalue weighted by Gasteiger charge is 2.40. The Hall–Kier alpha value is -2.59. The van der Waals surface area contributed by atoms with E-state index in [1.54, 1.807) is 0 Å². The molecule has 1 N–H and O–H groups in total. The number of carboxylic acids is 1. The van der Waals surface area contributed by atoms with Crippen molar-refractivity contribution >= 4 is 16.9 Å². The summed E-state index contributed by atoms with van der Waals surface area (Å²) in [5, 5.41) is 10.3. The lowest BCUT2D eigenvalue weighted by Gasteiger charge is -2.11. The highest BCUT2D eigenvalue weighted by Crippen LogP contribution is 2.28. The molecule has 4 rings (SSSR count). The van der Waals surface area contributed by atoms with Gasteiger partial charge < -0.3 is 9.67 Å². The van der Waals surface area contributed by atoms with E-state index in [4.69, 9.17) is 5.11 Å². The van der Waals surface area contributed by atoms with Gasteiger partial charge in [-0.05, 0) is 24.3 Å². The topological polar surface area (TPSA) is 45.2 Å². The summed E-state index contributed by atoms with van der Waals surface area (Å²) in [6.07, 6.45) is 0. The Morgan fingerprint density at radius 3 is 2.55 bits per heavy atom. The fraction of sp³-hybridized carbons (Fsp3) is 0.167. The summed E-state index contributed by atoms with van der Waals surface area (Å²) in [5.41, 5.74) is 3.38. The van der Waals surface area contributed by atoms with E-state index in [-0.39, 0.29) is 6.04 Å². The van der Waals surface area contributed by atoms with Crippen molar-refractivity contribution in [1.29, 1.82) is 0 Å². The van der Waals surface area contributed by atoms with Gasteiger partial charge in [0, 0.05) is 29.9 Å². The first-order valence-electron chi connectivity index (χ1n) is 7.36. The lowest BCUT2D eigenvalue weighted by molar-refractivity contribution is -0.137. The molecule has 1 aliphatic heterocycles. The van der Waals surface area contributed by atoms with Crippen LogP contribution in [-0.2, 0) is 11.3 Å². The van der Waals surface area contributed by atoms with Gasteiger partial charge in [0.15, 0.2) is 0 Å². The Balaban J connectivity index is 1.79. The van der Waals surface area contributed by atoms with Gasteiger partial charge in [0.2, 0.25) is 0 Å². The van der Waals surface area contributed by atoms with Crippen LogP contribution in [-0.4, -0.2) is 33.1 Å². The van der Waals surface area contributed by atoms with Crippen LogP contribution < -0.4 is 0 Å². The summed E-state index contributed by atoms with van der Waals surface area (Å²) < 4.78 is 2.21. The standard InChI is InChI=1S/C18H16N2O2/c21-18(22)17-12-19(17)11-15-10-13-6-4-5-9-16(13)20(15)14-7-2-1-3-8-14/h1-10,17H,11-12H2,(H,21,22). The van der Waals surface area contributed by atoms with E-state index in [0.717, 1.165) is 16.9 Å². The van der Waals surface area contributed by atoms with E-state index in [9.17, 15) is 4.79 Å². The normalized spacial score (nSPS) is 20.2. The van der Waals surface area contributed by atoms with E-state index in [1.807, 2.05) is 35.2 Å². The Morgan fingerprint density at radius 1 is 1.09 bits per heavy atom. The number of carbonyl (C=O) groups is 1. The van der Waals surface area contributed by atoms with Crippen LogP contribution in [0.4, 0.5) is 0 Å². The van der Waals surface area contributed by atoms with Crippen molar-refractivity contribution in [2.24, 2.45) is 0 Å². The smallest absolute Gasteiger partial charge is 0.322 e. The molecule has 0 radical (unpaired) electrons. The van der Waals surface area contributed by atoms with Crippen LogP contribution in [0.3, 0.4) is 0 Å². The van der Waals surface area contributed by atoms with Crippen molar-refractivity contribution in [3.05, 3.63) is 66.4 Å². The minimum absolute atomic E-state index is 0.331.